The molecule has 1 unspecified atom stereocenters. The van der Waals surface area contributed by atoms with Crippen LogP contribution in [0.4, 0.5) is 0 Å². The number of ether oxygens (including phenoxy) is 2. The fraction of sp³-hybridized carbons (Fsp3) is 0.571. The first-order valence-corrected chi connectivity index (χ1v) is 6.13. The van der Waals surface area contributed by atoms with E-state index in [-0.39, 0.29) is 5.60 Å². The highest BCUT2D eigenvalue weighted by molar-refractivity contribution is 5.43. The SMILES string of the molecule is CCCC1(C)C[C@@H](O)c2ccc(OC)cc2O1. The van der Waals surface area contributed by atoms with Crippen molar-refractivity contribution in [2.75, 3.05) is 7.11 Å². The fourth-order valence-corrected chi connectivity index (χ4v) is 2.51. The highest BCUT2D eigenvalue weighted by atomic mass is 16.5. The maximum atomic E-state index is 10.2. The third-order valence-corrected chi connectivity index (χ3v) is 3.34. The van der Waals surface area contributed by atoms with Gasteiger partial charge in [0.25, 0.3) is 0 Å². The van der Waals surface area contributed by atoms with Crippen LogP contribution in [0.5, 0.6) is 11.5 Å². The first-order chi connectivity index (χ1) is 8.08. The average molecular weight is 236 g/mol. The Balaban J connectivity index is 2.33. The van der Waals surface area contributed by atoms with Gasteiger partial charge in [-0.15, -0.1) is 0 Å². The van der Waals surface area contributed by atoms with E-state index in [1.54, 1.807) is 7.11 Å². The fourth-order valence-electron chi connectivity index (χ4n) is 2.51. The standard InChI is InChI=1S/C14H20O3/c1-4-7-14(2)9-12(15)11-6-5-10(16-3)8-13(11)17-14/h5-6,8,12,15H,4,7,9H2,1-3H3/t12-,14?/m1/s1. The first kappa shape index (κ1) is 12.2. The van der Waals surface area contributed by atoms with E-state index < -0.39 is 6.10 Å². The molecule has 1 aromatic carbocycles. The van der Waals surface area contributed by atoms with Gasteiger partial charge < -0.3 is 14.6 Å². The topological polar surface area (TPSA) is 38.7 Å². The lowest BCUT2D eigenvalue weighted by Gasteiger charge is -2.38. The lowest BCUT2D eigenvalue weighted by molar-refractivity contribution is -0.00749. The van der Waals surface area contributed by atoms with Crippen molar-refractivity contribution in [1.82, 2.24) is 0 Å². The van der Waals surface area contributed by atoms with Gasteiger partial charge in [-0.05, 0) is 25.5 Å². The summed E-state index contributed by atoms with van der Waals surface area (Å²) in [6, 6.07) is 5.59. The van der Waals surface area contributed by atoms with Crippen molar-refractivity contribution in [1.29, 1.82) is 0 Å². The van der Waals surface area contributed by atoms with Gasteiger partial charge in [0.05, 0.1) is 13.2 Å². The number of benzene rings is 1. The summed E-state index contributed by atoms with van der Waals surface area (Å²) in [6.07, 6.45) is 2.20. The van der Waals surface area contributed by atoms with Crippen molar-refractivity contribution < 1.29 is 14.6 Å². The quantitative estimate of drug-likeness (QED) is 0.876. The molecule has 0 amide bonds. The lowest BCUT2D eigenvalue weighted by atomic mass is 9.87. The van der Waals surface area contributed by atoms with Crippen molar-refractivity contribution >= 4 is 0 Å². The number of fused-ring (bicyclic) bond motifs is 1. The number of aliphatic hydroxyl groups excluding tert-OH is 1. The van der Waals surface area contributed by atoms with Gasteiger partial charge in [0.2, 0.25) is 0 Å². The molecule has 1 N–H and O–H groups in total. The van der Waals surface area contributed by atoms with Crippen LogP contribution in [0.25, 0.3) is 0 Å². The minimum Gasteiger partial charge on any atom is -0.497 e. The smallest absolute Gasteiger partial charge is 0.129 e. The van der Waals surface area contributed by atoms with Crippen molar-refractivity contribution in [3.63, 3.8) is 0 Å². The van der Waals surface area contributed by atoms with Crippen LogP contribution in [-0.2, 0) is 0 Å². The Kier molecular flexibility index (Phi) is 3.29. The second-order valence-electron chi connectivity index (χ2n) is 4.93. The van der Waals surface area contributed by atoms with Gasteiger partial charge in [0.15, 0.2) is 0 Å². The Morgan fingerprint density at radius 3 is 2.94 bits per heavy atom. The van der Waals surface area contributed by atoms with Gasteiger partial charge in [-0.25, -0.2) is 0 Å². The Bertz CT molecular complexity index is 402. The number of hydrogen-bond donors (Lipinski definition) is 1. The van der Waals surface area contributed by atoms with Crippen LogP contribution in [0.3, 0.4) is 0 Å². The number of aliphatic hydroxyl groups is 1. The van der Waals surface area contributed by atoms with Crippen molar-refractivity contribution in [2.24, 2.45) is 0 Å². The van der Waals surface area contributed by atoms with Gasteiger partial charge in [-0.2, -0.15) is 0 Å². The molecule has 94 valence electrons. The molecule has 1 aromatic rings. The van der Waals surface area contributed by atoms with E-state index in [4.69, 9.17) is 9.47 Å². The molecular weight excluding hydrogens is 216 g/mol. The molecule has 2 atom stereocenters. The minimum absolute atomic E-state index is 0.270. The van der Waals surface area contributed by atoms with Crippen LogP contribution in [-0.4, -0.2) is 17.8 Å². The van der Waals surface area contributed by atoms with Crippen LogP contribution in [0.2, 0.25) is 0 Å². The molecule has 1 aliphatic rings. The van der Waals surface area contributed by atoms with E-state index in [1.807, 2.05) is 18.2 Å². The highest BCUT2D eigenvalue weighted by Gasteiger charge is 2.35. The van der Waals surface area contributed by atoms with E-state index in [1.165, 1.54) is 0 Å². The molecule has 17 heavy (non-hydrogen) atoms. The Morgan fingerprint density at radius 2 is 2.29 bits per heavy atom. The third kappa shape index (κ3) is 2.39. The largest absolute Gasteiger partial charge is 0.497 e. The van der Waals surface area contributed by atoms with Crippen molar-refractivity contribution in [3.05, 3.63) is 23.8 Å². The predicted octanol–water partition coefficient (Wildman–Crippen LogP) is 3.07. The minimum atomic E-state index is -0.443. The maximum Gasteiger partial charge on any atom is 0.129 e. The van der Waals surface area contributed by atoms with Gasteiger partial charge in [-0.3, -0.25) is 0 Å². The summed E-state index contributed by atoms with van der Waals surface area (Å²) in [6.45, 7) is 4.18. The van der Waals surface area contributed by atoms with E-state index >= 15 is 0 Å². The number of methoxy groups -OCH3 is 1. The van der Waals surface area contributed by atoms with E-state index in [2.05, 4.69) is 13.8 Å². The van der Waals surface area contributed by atoms with E-state index in [0.29, 0.717) is 6.42 Å². The Hall–Kier alpha value is -1.22. The summed E-state index contributed by atoms with van der Waals surface area (Å²) in [7, 11) is 1.63. The van der Waals surface area contributed by atoms with E-state index in [0.717, 1.165) is 29.9 Å². The molecule has 0 aliphatic carbocycles. The molecule has 0 radical (unpaired) electrons. The normalized spacial score (nSPS) is 27.2. The third-order valence-electron chi connectivity index (χ3n) is 3.34. The zero-order chi connectivity index (χ0) is 12.5. The van der Waals surface area contributed by atoms with Gasteiger partial charge in [0, 0.05) is 18.1 Å². The molecule has 1 aliphatic heterocycles. The summed E-state index contributed by atoms with van der Waals surface area (Å²) in [5.41, 5.74) is 0.590. The van der Waals surface area contributed by atoms with Gasteiger partial charge in [-0.1, -0.05) is 13.3 Å². The predicted molar refractivity (Wildman–Crippen MR) is 66.5 cm³/mol. The van der Waals surface area contributed by atoms with Crippen molar-refractivity contribution in [2.45, 2.75) is 44.8 Å². The Morgan fingerprint density at radius 1 is 1.53 bits per heavy atom. The number of rotatable bonds is 3. The van der Waals surface area contributed by atoms with Crippen LogP contribution in [0, 0.1) is 0 Å². The molecule has 1 heterocycles. The summed E-state index contributed by atoms with van der Waals surface area (Å²) < 4.78 is 11.2. The summed E-state index contributed by atoms with van der Waals surface area (Å²) >= 11 is 0. The molecule has 0 fully saturated rings. The van der Waals surface area contributed by atoms with Gasteiger partial charge in [0.1, 0.15) is 17.1 Å². The molecule has 0 saturated heterocycles. The van der Waals surface area contributed by atoms with Crippen LogP contribution in [0.15, 0.2) is 18.2 Å². The van der Waals surface area contributed by atoms with Gasteiger partial charge >= 0.3 is 0 Å². The van der Waals surface area contributed by atoms with E-state index in [9.17, 15) is 5.11 Å². The van der Waals surface area contributed by atoms with Crippen molar-refractivity contribution in [3.8, 4) is 11.5 Å². The zero-order valence-corrected chi connectivity index (χ0v) is 10.7. The maximum absolute atomic E-state index is 10.2. The molecule has 0 bridgehead atoms. The second-order valence-corrected chi connectivity index (χ2v) is 4.93. The molecule has 2 rings (SSSR count). The highest BCUT2D eigenvalue weighted by Crippen LogP contribution is 2.42. The molecule has 3 heteroatoms. The molecule has 3 nitrogen and oxygen atoms in total. The summed E-state index contributed by atoms with van der Waals surface area (Å²) in [5.74, 6) is 1.51. The molecule has 0 spiro atoms. The lowest BCUT2D eigenvalue weighted by Crippen LogP contribution is -2.37. The number of hydrogen-bond acceptors (Lipinski definition) is 3. The monoisotopic (exact) mass is 236 g/mol. The zero-order valence-electron chi connectivity index (χ0n) is 10.7. The molecule has 0 aromatic heterocycles. The second kappa shape index (κ2) is 4.57. The first-order valence-electron chi connectivity index (χ1n) is 6.13. The molecular formula is C14H20O3. The Labute approximate surface area is 102 Å². The van der Waals surface area contributed by atoms with Crippen LogP contribution >= 0.6 is 0 Å². The summed E-state index contributed by atoms with van der Waals surface area (Å²) in [5, 5.41) is 10.2. The summed E-state index contributed by atoms with van der Waals surface area (Å²) in [4.78, 5) is 0. The van der Waals surface area contributed by atoms with Crippen LogP contribution < -0.4 is 9.47 Å². The average Bonchev–Trinajstić information content (AvgIpc) is 2.27. The van der Waals surface area contributed by atoms with Crippen LogP contribution in [0.1, 0.15) is 44.8 Å². The molecule has 0 saturated carbocycles.